The van der Waals surface area contributed by atoms with Gasteiger partial charge < -0.3 is 10.1 Å². The normalized spacial score (nSPS) is 11.6. The number of hydrogen-bond donors (Lipinski definition) is 1. The van der Waals surface area contributed by atoms with Crippen molar-refractivity contribution in [3.63, 3.8) is 0 Å². The van der Waals surface area contributed by atoms with Crippen LogP contribution in [0.2, 0.25) is 5.02 Å². The van der Waals surface area contributed by atoms with Crippen LogP contribution in [0.3, 0.4) is 0 Å². The summed E-state index contributed by atoms with van der Waals surface area (Å²) in [6.07, 6.45) is -3.37. The van der Waals surface area contributed by atoms with Gasteiger partial charge in [0.25, 0.3) is 0 Å². The van der Waals surface area contributed by atoms with Gasteiger partial charge in [-0.2, -0.15) is 23.0 Å². The first kappa shape index (κ1) is 19.2. The molecule has 0 aliphatic carbocycles. The predicted octanol–water partition coefficient (Wildman–Crippen LogP) is 4.24. The summed E-state index contributed by atoms with van der Waals surface area (Å²) in [5.74, 6) is 0.399. The summed E-state index contributed by atoms with van der Waals surface area (Å²) in [6.45, 7) is 1.04. The van der Waals surface area contributed by atoms with Gasteiger partial charge in [0.2, 0.25) is 5.88 Å². The average Bonchev–Trinajstić information content (AvgIpc) is 3.04. The largest absolute Gasteiger partial charge is 0.481 e. The number of alkyl halides is 3. The van der Waals surface area contributed by atoms with E-state index in [1.54, 1.807) is 12.1 Å². The van der Waals surface area contributed by atoms with E-state index in [0.717, 1.165) is 17.8 Å². The minimum atomic E-state index is -4.48. The van der Waals surface area contributed by atoms with Crippen LogP contribution < -0.4 is 10.1 Å². The Morgan fingerprint density at radius 2 is 1.96 bits per heavy atom. The van der Waals surface area contributed by atoms with Crippen LogP contribution in [0.15, 0.2) is 48.7 Å². The van der Waals surface area contributed by atoms with Gasteiger partial charge in [-0.05, 0) is 29.8 Å². The Labute approximate surface area is 158 Å². The lowest BCUT2D eigenvalue weighted by Gasteiger charge is -2.08. The van der Waals surface area contributed by atoms with Crippen molar-refractivity contribution < 1.29 is 17.9 Å². The lowest BCUT2D eigenvalue weighted by atomic mass is 10.2. The first-order valence-corrected chi connectivity index (χ1v) is 8.36. The van der Waals surface area contributed by atoms with Crippen molar-refractivity contribution in [3.8, 4) is 11.6 Å². The van der Waals surface area contributed by atoms with E-state index in [0.29, 0.717) is 35.4 Å². The second-order valence-corrected chi connectivity index (χ2v) is 6.16. The first-order chi connectivity index (χ1) is 12.9. The van der Waals surface area contributed by atoms with Crippen molar-refractivity contribution in [2.75, 3.05) is 7.11 Å². The van der Waals surface area contributed by atoms with Crippen LogP contribution >= 0.6 is 11.6 Å². The number of ether oxygens (including phenoxy) is 1. The van der Waals surface area contributed by atoms with Gasteiger partial charge in [-0.1, -0.05) is 23.7 Å². The number of nitrogens with one attached hydrogen (secondary N) is 1. The number of methoxy groups -OCH3 is 1. The zero-order valence-corrected chi connectivity index (χ0v) is 15.1. The van der Waals surface area contributed by atoms with Crippen LogP contribution in [0.1, 0.15) is 17.0 Å². The van der Waals surface area contributed by atoms with Crippen LogP contribution in [-0.2, 0) is 19.3 Å². The number of benzene rings is 1. The summed E-state index contributed by atoms with van der Waals surface area (Å²) in [5, 5.41) is 8.27. The van der Waals surface area contributed by atoms with E-state index in [4.69, 9.17) is 16.3 Å². The van der Waals surface area contributed by atoms with E-state index in [2.05, 4.69) is 15.4 Å². The second kappa shape index (κ2) is 7.98. The SMILES string of the molecule is COc1cc(CNCc2cccc(Cl)c2)nn1-c1ccc(C(F)(F)F)nc1. The molecular weight excluding hydrogens is 381 g/mol. The van der Waals surface area contributed by atoms with E-state index < -0.39 is 11.9 Å². The van der Waals surface area contributed by atoms with Gasteiger partial charge in [0.15, 0.2) is 0 Å². The highest BCUT2D eigenvalue weighted by Gasteiger charge is 2.32. The Balaban J connectivity index is 1.71. The molecule has 0 fully saturated rings. The fourth-order valence-corrected chi connectivity index (χ4v) is 2.70. The summed E-state index contributed by atoms with van der Waals surface area (Å²) in [6, 6.07) is 11.4. The van der Waals surface area contributed by atoms with Crippen molar-refractivity contribution in [2.45, 2.75) is 19.3 Å². The number of nitrogens with zero attached hydrogens (tertiary/aromatic N) is 3. The third kappa shape index (κ3) is 4.78. The minimum Gasteiger partial charge on any atom is -0.481 e. The highest BCUT2D eigenvalue weighted by molar-refractivity contribution is 6.30. The van der Waals surface area contributed by atoms with Crippen LogP contribution in [-0.4, -0.2) is 21.9 Å². The topological polar surface area (TPSA) is 52.0 Å². The Morgan fingerprint density at radius 1 is 1.15 bits per heavy atom. The molecular formula is C18H16ClF3N4O. The summed E-state index contributed by atoms with van der Waals surface area (Å²) in [7, 11) is 1.47. The Morgan fingerprint density at radius 3 is 2.59 bits per heavy atom. The summed E-state index contributed by atoms with van der Waals surface area (Å²) in [4.78, 5) is 3.45. The van der Waals surface area contributed by atoms with E-state index in [1.807, 2.05) is 18.2 Å². The van der Waals surface area contributed by atoms with Crippen molar-refractivity contribution in [2.24, 2.45) is 0 Å². The summed E-state index contributed by atoms with van der Waals surface area (Å²) >= 11 is 5.95. The molecule has 0 amide bonds. The van der Waals surface area contributed by atoms with Crippen LogP contribution in [0, 0.1) is 0 Å². The standard InChI is InChI=1S/C18H16ClF3N4O/c1-27-17-8-14(10-23-9-12-3-2-4-13(19)7-12)25-26(17)15-5-6-16(24-11-15)18(20,21)22/h2-8,11,23H,9-10H2,1H3. The van der Waals surface area contributed by atoms with Gasteiger partial charge in [0.1, 0.15) is 5.69 Å². The number of pyridine rings is 1. The molecule has 0 unspecified atom stereocenters. The Kier molecular flexibility index (Phi) is 5.67. The van der Waals surface area contributed by atoms with Crippen molar-refractivity contribution in [1.29, 1.82) is 0 Å². The van der Waals surface area contributed by atoms with Crippen molar-refractivity contribution >= 4 is 11.6 Å². The second-order valence-electron chi connectivity index (χ2n) is 5.72. The molecule has 0 radical (unpaired) electrons. The maximum Gasteiger partial charge on any atom is 0.433 e. The van der Waals surface area contributed by atoms with E-state index in [9.17, 15) is 13.2 Å². The molecule has 5 nitrogen and oxygen atoms in total. The number of aromatic nitrogens is 3. The Hall–Kier alpha value is -2.58. The molecule has 27 heavy (non-hydrogen) atoms. The molecule has 0 atom stereocenters. The maximum absolute atomic E-state index is 12.6. The highest BCUT2D eigenvalue weighted by Crippen LogP contribution is 2.28. The number of rotatable bonds is 6. The molecule has 0 saturated carbocycles. The van der Waals surface area contributed by atoms with Gasteiger partial charge in [-0.3, -0.25) is 0 Å². The van der Waals surface area contributed by atoms with Gasteiger partial charge >= 0.3 is 6.18 Å². The molecule has 3 rings (SSSR count). The molecule has 142 valence electrons. The molecule has 9 heteroatoms. The van der Waals surface area contributed by atoms with Crippen LogP contribution in [0.25, 0.3) is 5.69 Å². The Bertz CT molecular complexity index is 910. The molecule has 1 N–H and O–H groups in total. The summed E-state index contributed by atoms with van der Waals surface area (Å²) < 4.78 is 44.6. The van der Waals surface area contributed by atoms with Crippen LogP contribution in [0.4, 0.5) is 13.2 Å². The molecule has 0 saturated heterocycles. The van der Waals surface area contributed by atoms with Gasteiger partial charge in [0.05, 0.1) is 24.7 Å². The third-order valence-corrected chi connectivity index (χ3v) is 3.98. The number of hydrogen-bond acceptors (Lipinski definition) is 4. The first-order valence-electron chi connectivity index (χ1n) is 7.98. The fourth-order valence-electron chi connectivity index (χ4n) is 2.49. The fraction of sp³-hybridized carbons (Fsp3) is 0.222. The molecule has 0 aliphatic rings. The van der Waals surface area contributed by atoms with Crippen LogP contribution in [0.5, 0.6) is 5.88 Å². The van der Waals surface area contributed by atoms with E-state index in [1.165, 1.54) is 17.9 Å². The minimum absolute atomic E-state index is 0.376. The number of halogens is 4. The molecule has 3 aromatic rings. The molecule has 2 heterocycles. The predicted molar refractivity (Wildman–Crippen MR) is 94.9 cm³/mol. The molecule has 0 spiro atoms. The smallest absolute Gasteiger partial charge is 0.433 e. The zero-order chi connectivity index (χ0) is 19.4. The zero-order valence-electron chi connectivity index (χ0n) is 14.3. The lowest BCUT2D eigenvalue weighted by Crippen LogP contribution is -2.13. The monoisotopic (exact) mass is 396 g/mol. The third-order valence-electron chi connectivity index (χ3n) is 3.74. The van der Waals surface area contributed by atoms with Gasteiger partial charge in [-0.25, -0.2) is 4.98 Å². The van der Waals surface area contributed by atoms with E-state index in [-0.39, 0.29) is 0 Å². The quantitative estimate of drug-likeness (QED) is 0.677. The molecule has 0 aliphatic heterocycles. The molecule has 2 aromatic heterocycles. The van der Waals surface area contributed by atoms with Gasteiger partial charge in [0, 0.05) is 24.2 Å². The molecule has 1 aromatic carbocycles. The van der Waals surface area contributed by atoms with Crippen molar-refractivity contribution in [3.05, 3.63) is 70.6 Å². The average molecular weight is 397 g/mol. The molecule has 0 bridgehead atoms. The summed E-state index contributed by atoms with van der Waals surface area (Å²) in [5.41, 5.74) is 1.12. The van der Waals surface area contributed by atoms with Gasteiger partial charge in [-0.15, -0.1) is 0 Å². The lowest BCUT2D eigenvalue weighted by molar-refractivity contribution is -0.141. The maximum atomic E-state index is 12.6. The van der Waals surface area contributed by atoms with Crippen molar-refractivity contribution in [1.82, 2.24) is 20.1 Å². The highest BCUT2D eigenvalue weighted by atomic mass is 35.5. The van der Waals surface area contributed by atoms with E-state index >= 15 is 0 Å².